The van der Waals surface area contributed by atoms with Crippen molar-refractivity contribution < 1.29 is 19.1 Å². The van der Waals surface area contributed by atoms with E-state index in [9.17, 15) is 9.59 Å². The van der Waals surface area contributed by atoms with E-state index >= 15 is 0 Å². The van der Waals surface area contributed by atoms with Crippen LogP contribution in [0.25, 0.3) is 21.9 Å². The summed E-state index contributed by atoms with van der Waals surface area (Å²) in [5.41, 5.74) is 7.29. The predicted molar refractivity (Wildman–Crippen MR) is 151 cm³/mol. The van der Waals surface area contributed by atoms with E-state index in [1.165, 1.54) is 23.6 Å². The molecule has 2 fully saturated rings. The van der Waals surface area contributed by atoms with Gasteiger partial charge in [-0.1, -0.05) is 37.5 Å². The van der Waals surface area contributed by atoms with Gasteiger partial charge in [-0.2, -0.15) is 0 Å². The first-order valence-electron chi connectivity index (χ1n) is 13.7. The van der Waals surface area contributed by atoms with Crippen LogP contribution in [0.1, 0.15) is 37.8 Å². The van der Waals surface area contributed by atoms with E-state index in [1.54, 1.807) is 0 Å². The first kappa shape index (κ1) is 24.3. The van der Waals surface area contributed by atoms with Gasteiger partial charge in [-0.05, 0) is 76.4 Å². The largest absolute Gasteiger partial charge is 0.488 e. The van der Waals surface area contributed by atoms with Crippen molar-refractivity contribution in [2.75, 3.05) is 7.11 Å². The minimum atomic E-state index is -0.630. The van der Waals surface area contributed by atoms with Crippen LogP contribution in [0.4, 0.5) is 10.5 Å². The van der Waals surface area contributed by atoms with Crippen LogP contribution in [-0.4, -0.2) is 55.7 Å². The Labute approximate surface area is 229 Å². The van der Waals surface area contributed by atoms with Crippen molar-refractivity contribution in [2.45, 2.75) is 57.8 Å². The summed E-state index contributed by atoms with van der Waals surface area (Å²) in [5, 5.41) is 5.11. The molecular weight excluding hydrogens is 489 g/mol. The molecule has 0 spiro atoms. The van der Waals surface area contributed by atoms with Crippen LogP contribution >= 0.6 is 0 Å². The van der Waals surface area contributed by atoms with E-state index in [0.29, 0.717) is 24.4 Å². The molecule has 4 aliphatic rings. The number of carbonyl (C=O) groups excluding carboxylic acids is 2. The fourth-order valence-electron chi connectivity index (χ4n) is 6.66. The van der Waals surface area contributed by atoms with Crippen molar-refractivity contribution in [3.63, 3.8) is 0 Å². The van der Waals surface area contributed by atoms with Crippen LogP contribution in [0.2, 0.25) is 0 Å². The van der Waals surface area contributed by atoms with Gasteiger partial charge in [0, 0.05) is 23.7 Å². The Morgan fingerprint density at radius 2 is 1.97 bits per heavy atom. The molecule has 7 rings (SSSR count). The van der Waals surface area contributed by atoms with Crippen molar-refractivity contribution in [3.05, 3.63) is 53.6 Å². The molecule has 2 amide bonds. The van der Waals surface area contributed by atoms with Crippen LogP contribution in [0.3, 0.4) is 0 Å². The first-order chi connectivity index (χ1) is 18.8. The molecule has 3 aromatic rings. The Morgan fingerprint density at radius 1 is 1.13 bits per heavy atom. The maximum absolute atomic E-state index is 13.8. The average molecular weight is 519 g/mol. The summed E-state index contributed by atoms with van der Waals surface area (Å²) in [5.74, 6) is 1.22. The van der Waals surface area contributed by atoms with Gasteiger partial charge in [-0.25, -0.2) is 4.79 Å². The number of nitrogens with zero attached hydrogens (tertiary/aromatic N) is 2. The molecule has 196 valence electrons. The van der Waals surface area contributed by atoms with Gasteiger partial charge >= 0.3 is 6.09 Å². The lowest BCUT2D eigenvalue weighted by Gasteiger charge is -2.33. The van der Waals surface area contributed by atoms with Gasteiger partial charge in [0.1, 0.15) is 26.2 Å². The number of methoxy groups -OCH3 is 1. The fraction of sp³-hybridized carbons (Fsp3) is 0.387. The quantitative estimate of drug-likeness (QED) is 0.525. The smallest absolute Gasteiger partial charge is 0.407 e. The second kappa shape index (κ2) is 8.86. The number of carbonyl (C=O) groups is 2. The Morgan fingerprint density at radius 3 is 2.77 bits per heavy atom. The zero-order valence-electron chi connectivity index (χ0n) is 22.4. The molecule has 3 aromatic carbocycles. The lowest BCUT2D eigenvalue weighted by atomic mass is 9.88. The van der Waals surface area contributed by atoms with E-state index in [4.69, 9.17) is 22.3 Å². The second-order valence-corrected chi connectivity index (χ2v) is 11.5. The highest BCUT2D eigenvalue weighted by Gasteiger charge is 2.56. The monoisotopic (exact) mass is 519 g/mol. The van der Waals surface area contributed by atoms with Gasteiger partial charge < -0.3 is 19.7 Å². The average Bonchev–Trinajstić information content (AvgIpc) is 3.37. The molecule has 0 bridgehead atoms. The second-order valence-electron chi connectivity index (χ2n) is 11.5. The standard InChI is InChI=1S/C31H30BN3O4/c1-15(2)29(34-31(37)38-3)30(36)35-26-10-17(26)11-27(35)25-13-23-21-9-18-14-39-28-12-19(32)5-6-20(28)22(18)8-16(21)4-7-24(23)33-25/h4-9,12,15,17,26-27,29H,10-11,13-14H2,1-3H3,(H,34,37)/t17-,26-,27+,29+/m1/s1. The number of likely N-dealkylation sites (tertiary alicyclic amines) is 1. The molecule has 4 atom stereocenters. The summed E-state index contributed by atoms with van der Waals surface area (Å²) < 4.78 is 10.8. The van der Waals surface area contributed by atoms with Gasteiger partial charge in [0.15, 0.2) is 0 Å². The maximum atomic E-state index is 13.8. The van der Waals surface area contributed by atoms with Gasteiger partial charge in [-0.15, -0.1) is 0 Å². The number of hydrogen-bond donors (Lipinski definition) is 1. The molecule has 1 saturated heterocycles. The number of rotatable bonds is 4. The summed E-state index contributed by atoms with van der Waals surface area (Å²) in [7, 11) is 7.29. The highest BCUT2D eigenvalue weighted by Crippen LogP contribution is 2.50. The van der Waals surface area contributed by atoms with Crippen LogP contribution in [0, 0.1) is 11.8 Å². The normalized spacial score (nSPS) is 22.8. The Kier molecular flexibility index (Phi) is 5.51. The van der Waals surface area contributed by atoms with E-state index in [1.807, 2.05) is 36.9 Å². The van der Waals surface area contributed by atoms with Gasteiger partial charge in [0.2, 0.25) is 5.91 Å². The zero-order valence-corrected chi connectivity index (χ0v) is 22.4. The van der Waals surface area contributed by atoms with Crippen molar-refractivity contribution in [2.24, 2.45) is 16.8 Å². The van der Waals surface area contributed by atoms with Crippen LogP contribution in [0.5, 0.6) is 5.75 Å². The Hall–Kier alpha value is -3.81. The van der Waals surface area contributed by atoms with E-state index in [2.05, 4.69) is 29.6 Å². The van der Waals surface area contributed by atoms with Crippen LogP contribution in [0.15, 0.2) is 47.5 Å². The molecule has 39 heavy (non-hydrogen) atoms. The SMILES string of the molecule is [B]c1ccc2c(c1)OCc1cc3c4c(ccc3cc1-2)N=C([C@@H]1C[C@H]2C[C@H]2N1C(=O)[C@@H](NC(=O)OC)C(C)C)C4. The third-order valence-electron chi connectivity index (χ3n) is 8.77. The highest BCUT2D eigenvalue weighted by atomic mass is 16.5. The van der Waals surface area contributed by atoms with E-state index in [-0.39, 0.29) is 23.9 Å². The minimum absolute atomic E-state index is 0.0422. The van der Waals surface area contributed by atoms with Crippen LogP contribution < -0.4 is 15.5 Å². The molecule has 0 aromatic heterocycles. The third kappa shape index (κ3) is 3.91. The number of hydrogen-bond acceptors (Lipinski definition) is 5. The summed E-state index contributed by atoms with van der Waals surface area (Å²) >= 11 is 0. The lowest BCUT2D eigenvalue weighted by molar-refractivity contribution is -0.135. The highest BCUT2D eigenvalue weighted by molar-refractivity contribution is 6.32. The number of nitrogens with one attached hydrogen (secondary N) is 1. The molecule has 1 aliphatic carbocycles. The summed E-state index contributed by atoms with van der Waals surface area (Å²) in [6.45, 7) is 4.39. The fourth-order valence-corrected chi connectivity index (χ4v) is 6.66. The number of alkyl carbamates (subject to hydrolysis) is 1. The summed E-state index contributed by atoms with van der Waals surface area (Å²) in [6, 6.07) is 14.1. The van der Waals surface area contributed by atoms with Crippen molar-refractivity contribution >= 4 is 47.5 Å². The van der Waals surface area contributed by atoms with Gasteiger partial charge in [-0.3, -0.25) is 9.79 Å². The van der Waals surface area contributed by atoms with Gasteiger partial charge in [0.25, 0.3) is 0 Å². The molecule has 7 nitrogen and oxygen atoms in total. The Balaban J connectivity index is 1.20. The molecule has 2 radical (unpaired) electrons. The van der Waals surface area contributed by atoms with Crippen molar-refractivity contribution in [3.8, 4) is 16.9 Å². The molecule has 3 aliphatic heterocycles. The topological polar surface area (TPSA) is 80.2 Å². The number of piperidine rings is 1. The number of amides is 2. The summed E-state index contributed by atoms with van der Waals surface area (Å²) in [6.07, 6.45) is 2.08. The molecule has 1 saturated carbocycles. The molecule has 3 heterocycles. The number of benzene rings is 3. The maximum Gasteiger partial charge on any atom is 0.407 e. The number of fused-ring (bicyclic) bond motifs is 7. The third-order valence-corrected chi connectivity index (χ3v) is 8.77. The molecule has 8 heteroatoms. The van der Waals surface area contributed by atoms with Crippen molar-refractivity contribution in [1.29, 1.82) is 0 Å². The van der Waals surface area contributed by atoms with E-state index < -0.39 is 12.1 Å². The number of aliphatic imine (C=N–C) groups is 1. The Bertz CT molecular complexity index is 1580. The first-order valence-corrected chi connectivity index (χ1v) is 13.7. The number of ether oxygens (including phenoxy) is 2. The molecular formula is C31H30BN3O4. The minimum Gasteiger partial charge on any atom is -0.488 e. The van der Waals surface area contributed by atoms with E-state index in [0.717, 1.165) is 46.5 Å². The molecule has 0 unspecified atom stereocenters. The summed E-state index contributed by atoms with van der Waals surface area (Å²) in [4.78, 5) is 32.9. The molecule has 1 N–H and O–H groups in total. The van der Waals surface area contributed by atoms with Gasteiger partial charge in [0.05, 0.1) is 18.8 Å². The predicted octanol–water partition coefficient (Wildman–Crippen LogP) is 4.19. The van der Waals surface area contributed by atoms with Crippen molar-refractivity contribution in [1.82, 2.24) is 10.2 Å². The van der Waals surface area contributed by atoms with Crippen LogP contribution in [-0.2, 0) is 22.6 Å². The zero-order chi connectivity index (χ0) is 27.0. The lowest BCUT2D eigenvalue weighted by Crippen LogP contribution is -2.55.